The van der Waals surface area contributed by atoms with Gasteiger partial charge in [-0.3, -0.25) is 4.79 Å². The summed E-state index contributed by atoms with van der Waals surface area (Å²) >= 11 is 3.64. The first-order chi connectivity index (χ1) is 11.9. The summed E-state index contributed by atoms with van der Waals surface area (Å²) in [6.07, 6.45) is 0. The molecule has 6 nitrogen and oxygen atoms in total. The van der Waals surface area contributed by atoms with E-state index < -0.39 is 16.9 Å². The van der Waals surface area contributed by atoms with Gasteiger partial charge in [-0.2, -0.15) is 0 Å². The summed E-state index contributed by atoms with van der Waals surface area (Å²) in [5, 5.41) is 12.2. The van der Waals surface area contributed by atoms with Gasteiger partial charge in [0.2, 0.25) is 11.0 Å². The summed E-state index contributed by atoms with van der Waals surface area (Å²) in [5.74, 6) is -2.13. The van der Waals surface area contributed by atoms with Crippen LogP contribution < -0.4 is 11.1 Å². The van der Waals surface area contributed by atoms with E-state index in [9.17, 15) is 13.6 Å². The molecule has 3 rings (SSSR count). The molecule has 130 valence electrons. The number of thiazole rings is 1. The molecule has 0 bridgehead atoms. The average molecular weight is 399 g/mol. The average Bonchev–Trinajstić information content (AvgIpc) is 3.19. The number of halogens is 2. The summed E-state index contributed by atoms with van der Waals surface area (Å²) in [6, 6.07) is 3.53. The van der Waals surface area contributed by atoms with Crippen molar-refractivity contribution in [2.45, 2.75) is 16.5 Å². The number of amides is 1. The molecule has 2 aromatic heterocycles. The molecule has 1 amide bonds. The third-order valence-corrected chi connectivity index (χ3v) is 5.71. The first-order valence-electron chi connectivity index (χ1n) is 6.90. The molecule has 0 fully saturated rings. The van der Waals surface area contributed by atoms with E-state index in [1.54, 1.807) is 12.3 Å². The Bertz CT molecular complexity index is 914. The Kier molecular flexibility index (Phi) is 5.25. The van der Waals surface area contributed by atoms with E-state index in [0.29, 0.717) is 25.9 Å². The van der Waals surface area contributed by atoms with Crippen LogP contribution in [0.25, 0.3) is 11.3 Å². The van der Waals surface area contributed by atoms with Crippen molar-refractivity contribution in [2.75, 3.05) is 11.1 Å². The molecule has 0 unspecified atom stereocenters. The summed E-state index contributed by atoms with van der Waals surface area (Å²) in [6.45, 7) is 1.72. The Hall–Kier alpha value is -2.11. The van der Waals surface area contributed by atoms with Crippen molar-refractivity contribution in [3.8, 4) is 11.3 Å². The van der Waals surface area contributed by atoms with Crippen LogP contribution in [0.15, 0.2) is 27.9 Å². The maximum atomic E-state index is 13.3. The second-order valence-corrected chi connectivity index (χ2v) is 8.28. The molecule has 0 radical (unpaired) electrons. The third-order valence-electron chi connectivity index (χ3n) is 3.02. The second-order valence-electron chi connectivity index (χ2n) is 4.82. The van der Waals surface area contributed by atoms with Crippen LogP contribution in [-0.2, 0) is 4.79 Å². The van der Waals surface area contributed by atoms with Gasteiger partial charge < -0.3 is 11.1 Å². The number of nitrogens with two attached hydrogens (primary N) is 1. The van der Waals surface area contributed by atoms with E-state index in [1.165, 1.54) is 40.5 Å². The number of carbonyl (C=O) groups excluding carboxylic acids is 1. The van der Waals surface area contributed by atoms with Gasteiger partial charge in [-0.25, -0.2) is 13.8 Å². The van der Waals surface area contributed by atoms with Gasteiger partial charge in [-0.15, -0.1) is 21.5 Å². The first kappa shape index (κ1) is 17.7. The van der Waals surface area contributed by atoms with E-state index in [2.05, 4.69) is 20.5 Å². The maximum Gasteiger partial charge on any atom is 0.239 e. The standard InChI is InChI=1S/C14H11F2N5OS3/c1-6(24-14-21-20-12(17)25-14)11(22)19-13-18-10(5-23-13)7-2-3-8(15)9(16)4-7/h2-6H,1H3,(H2,17,20)(H,18,19,22)/t6-/m0/s1. The van der Waals surface area contributed by atoms with E-state index in [0.717, 1.165) is 12.1 Å². The molecule has 0 aliphatic rings. The van der Waals surface area contributed by atoms with E-state index in [4.69, 9.17) is 5.73 Å². The molecule has 0 saturated carbocycles. The minimum atomic E-state index is -0.947. The molecule has 3 aromatic rings. The van der Waals surface area contributed by atoms with Crippen LogP contribution in [0.1, 0.15) is 6.92 Å². The predicted molar refractivity (Wildman–Crippen MR) is 95.7 cm³/mol. The number of aromatic nitrogens is 3. The van der Waals surface area contributed by atoms with Crippen LogP contribution >= 0.6 is 34.4 Å². The van der Waals surface area contributed by atoms with Crippen molar-refractivity contribution in [3.63, 3.8) is 0 Å². The summed E-state index contributed by atoms with van der Waals surface area (Å²) < 4.78 is 26.9. The van der Waals surface area contributed by atoms with Gasteiger partial charge in [-0.1, -0.05) is 23.1 Å². The minimum absolute atomic E-state index is 0.259. The molecule has 1 aromatic carbocycles. The number of hydrogen-bond donors (Lipinski definition) is 2. The SMILES string of the molecule is C[C@H](Sc1nnc(N)s1)C(=O)Nc1nc(-c2ccc(F)c(F)c2)cs1. The molecular formula is C14H11F2N5OS3. The maximum absolute atomic E-state index is 13.3. The highest BCUT2D eigenvalue weighted by atomic mass is 32.2. The number of rotatable bonds is 5. The number of hydrogen-bond acceptors (Lipinski definition) is 8. The van der Waals surface area contributed by atoms with Crippen LogP contribution in [0, 0.1) is 11.6 Å². The summed E-state index contributed by atoms with van der Waals surface area (Å²) in [5.41, 5.74) is 6.39. The minimum Gasteiger partial charge on any atom is -0.374 e. The zero-order chi connectivity index (χ0) is 18.0. The monoisotopic (exact) mass is 399 g/mol. The van der Waals surface area contributed by atoms with Crippen LogP contribution in [-0.4, -0.2) is 26.3 Å². The molecule has 0 aliphatic heterocycles. The number of thioether (sulfide) groups is 1. The quantitative estimate of drug-likeness (QED) is 0.636. The van der Waals surface area contributed by atoms with Crippen molar-refractivity contribution >= 4 is 50.6 Å². The van der Waals surface area contributed by atoms with Gasteiger partial charge in [0.05, 0.1) is 10.9 Å². The summed E-state index contributed by atoms with van der Waals surface area (Å²) in [4.78, 5) is 16.4. The molecule has 3 N–H and O–H groups in total. The van der Waals surface area contributed by atoms with E-state index in [-0.39, 0.29) is 5.91 Å². The Balaban J connectivity index is 1.66. The normalized spacial score (nSPS) is 12.1. The molecule has 25 heavy (non-hydrogen) atoms. The molecule has 11 heteroatoms. The molecule has 0 aliphatic carbocycles. The number of benzene rings is 1. The van der Waals surface area contributed by atoms with Crippen LogP contribution in [0.3, 0.4) is 0 Å². The Morgan fingerprint density at radius 3 is 2.80 bits per heavy atom. The van der Waals surface area contributed by atoms with Gasteiger partial charge in [0.25, 0.3) is 0 Å². The van der Waals surface area contributed by atoms with Crippen molar-refractivity contribution in [1.82, 2.24) is 15.2 Å². The lowest BCUT2D eigenvalue weighted by Crippen LogP contribution is -2.22. The van der Waals surface area contributed by atoms with Gasteiger partial charge >= 0.3 is 0 Å². The number of nitrogens with zero attached hydrogens (tertiary/aromatic N) is 3. The zero-order valence-electron chi connectivity index (χ0n) is 12.7. The van der Waals surface area contributed by atoms with Gasteiger partial charge in [0.15, 0.2) is 21.1 Å². The molecule has 0 spiro atoms. The zero-order valence-corrected chi connectivity index (χ0v) is 15.1. The predicted octanol–water partition coefficient (Wildman–Crippen LogP) is 3.64. The topological polar surface area (TPSA) is 93.8 Å². The van der Waals surface area contributed by atoms with Crippen molar-refractivity contribution < 1.29 is 13.6 Å². The lowest BCUT2D eigenvalue weighted by Gasteiger charge is -2.07. The Morgan fingerprint density at radius 1 is 1.32 bits per heavy atom. The van der Waals surface area contributed by atoms with Crippen LogP contribution in [0.2, 0.25) is 0 Å². The number of nitrogen functional groups attached to an aromatic ring is 1. The van der Waals surface area contributed by atoms with Gasteiger partial charge in [0, 0.05) is 10.9 Å². The largest absolute Gasteiger partial charge is 0.374 e. The van der Waals surface area contributed by atoms with E-state index >= 15 is 0 Å². The summed E-state index contributed by atoms with van der Waals surface area (Å²) in [7, 11) is 0. The van der Waals surface area contributed by atoms with Crippen LogP contribution in [0.4, 0.5) is 19.0 Å². The second kappa shape index (κ2) is 7.42. The smallest absolute Gasteiger partial charge is 0.239 e. The van der Waals surface area contributed by atoms with Crippen LogP contribution in [0.5, 0.6) is 0 Å². The van der Waals surface area contributed by atoms with Gasteiger partial charge in [0.1, 0.15) is 0 Å². The highest BCUT2D eigenvalue weighted by molar-refractivity contribution is 8.02. The Labute approximate surface area is 153 Å². The number of anilines is 2. The van der Waals surface area contributed by atoms with Crippen molar-refractivity contribution in [1.29, 1.82) is 0 Å². The highest BCUT2D eigenvalue weighted by Crippen LogP contribution is 2.29. The molecule has 0 saturated heterocycles. The Morgan fingerprint density at radius 2 is 2.12 bits per heavy atom. The molecular weight excluding hydrogens is 388 g/mol. The molecule has 2 heterocycles. The molecule has 1 atom stereocenters. The van der Waals surface area contributed by atoms with E-state index in [1.807, 2.05) is 0 Å². The number of carbonyl (C=O) groups is 1. The lowest BCUT2D eigenvalue weighted by molar-refractivity contribution is -0.115. The van der Waals surface area contributed by atoms with Gasteiger partial charge in [-0.05, 0) is 25.1 Å². The fraction of sp³-hybridized carbons (Fsp3) is 0.143. The van der Waals surface area contributed by atoms with Crippen molar-refractivity contribution in [3.05, 3.63) is 35.2 Å². The van der Waals surface area contributed by atoms with Crippen molar-refractivity contribution in [2.24, 2.45) is 0 Å². The third kappa shape index (κ3) is 4.30. The lowest BCUT2D eigenvalue weighted by atomic mass is 10.2. The number of nitrogens with one attached hydrogen (secondary N) is 1. The fourth-order valence-electron chi connectivity index (χ4n) is 1.80. The fourth-order valence-corrected chi connectivity index (χ4v) is 4.30. The first-order valence-corrected chi connectivity index (χ1v) is 9.47. The highest BCUT2D eigenvalue weighted by Gasteiger charge is 2.18.